The van der Waals surface area contributed by atoms with E-state index in [1.165, 1.54) is 6.07 Å². The molecule has 0 spiro atoms. The number of aryl methyl sites for hydroxylation is 1. The van der Waals surface area contributed by atoms with Crippen molar-refractivity contribution in [1.29, 1.82) is 5.41 Å². The number of rotatable bonds is 2. The van der Waals surface area contributed by atoms with Gasteiger partial charge in [-0.25, -0.2) is 4.39 Å². The Morgan fingerprint density at radius 3 is 1.86 bits per heavy atom. The Morgan fingerprint density at radius 2 is 1.64 bits per heavy atom. The average Bonchev–Trinajstić information content (AvgIpc) is 2.50. The van der Waals surface area contributed by atoms with Gasteiger partial charge in [-0.1, -0.05) is 47.6 Å². The normalized spacial score (nSPS) is 8.32. The van der Waals surface area contributed by atoms with Crippen molar-refractivity contribution < 1.29 is 9.18 Å². The molecule has 2 N–H and O–H groups in total. The lowest BCUT2D eigenvalue weighted by molar-refractivity contribution is -0.123. The highest BCUT2D eigenvalue weighted by molar-refractivity contribution is 5.96. The molecule has 0 aliphatic carbocycles. The van der Waals surface area contributed by atoms with Gasteiger partial charge in [-0.15, -0.1) is 0 Å². The first kappa shape index (κ1) is 25.3. The van der Waals surface area contributed by atoms with Crippen molar-refractivity contribution in [2.24, 2.45) is 5.92 Å². The smallest absolute Gasteiger partial charge is 0.222 e. The van der Waals surface area contributed by atoms with Gasteiger partial charge >= 0.3 is 0 Å². The van der Waals surface area contributed by atoms with Crippen LogP contribution in [0.3, 0.4) is 0 Å². The maximum absolute atomic E-state index is 13.0. The van der Waals surface area contributed by atoms with E-state index >= 15 is 0 Å². The summed E-state index contributed by atoms with van der Waals surface area (Å²) < 4.78 is 13.0. The Morgan fingerprint density at radius 1 is 1.18 bits per heavy atom. The van der Waals surface area contributed by atoms with Crippen LogP contribution < -0.4 is 5.32 Å². The van der Waals surface area contributed by atoms with Gasteiger partial charge in [-0.05, 0) is 31.5 Å². The van der Waals surface area contributed by atoms with Gasteiger partial charge < -0.3 is 10.7 Å². The van der Waals surface area contributed by atoms with Gasteiger partial charge in [0.15, 0.2) is 0 Å². The molecule has 22 heavy (non-hydrogen) atoms. The maximum atomic E-state index is 13.0. The van der Waals surface area contributed by atoms with Crippen LogP contribution in [0.1, 0.15) is 59.6 Å². The molecule has 4 heteroatoms. The van der Waals surface area contributed by atoms with Gasteiger partial charge in [-0.2, -0.15) is 0 Å². The van der Waals surface area contributed by atoms with Crippen LogP contribution in [0.2, 0.25) is 0 Å². The highest BCUT2D eigenvalue weighted by Gasteiger charge is 2.02. The van der Waals surface area contributed by atoms with Crippen molar-refractivity contribution in [3.05, 3.63) is 35.1 Å². The predicted octanol–water partition coefficient (Wildman–Crippen LogP) is 4.96. The van der Waals surface area contributed by atoms with E-state index in [-0.39, 0.29) is 23.4 Å². The summed E-state index contributed by atoms with van der Waals surface area (Å²) in [6, 6.07) is 4.87. The summed E-state index contributed by atoms with van der Waals surface area (Å²) in [5, 5.41) is 9.73. The Hall–Kier alpha value is -1.71. The molecule has 128 valence electrons. The number of carbonyl (C=O) groups is 1. The summed E-state index contributed by atoms with van der Waals surface area (Å²) in [5.41, 5.74) is 1.53. The van der Waals surface area contributed by atoms with Gasteiger partial charge in [-0.3, -0.25) is 4.79 Å². The van der Waals surface area contributed by atoms with Crippen molar-refractivity contribution >= 4 is 11.6 Å². The molecule has 0 aliphatic rings. The van der Waals surface area contributed by atoms with Gasteiger partial charge in [0.05, 0.1) is 0 Å². The minimum atomic E-state index is -0.308. The third-order valence-electron chi connectivity index (χ3n) is 2.30. The fraction of sp³-hybridized carbons (Fsp3) is 0.556. The first-order valence-corrected chi connectivity index (χ1v) is 7.82. The molecule has 1 aromatic rings. The molecule has 0 atom stereocenters. The van der Waals surface area contributed by atoms with Crippen LogP contribution in [0.4, 0.5) is 4.39 Å². The number of hydrogen-bond acceptors (Lipinski definition) is 2. The van der Waals surface area contributed by atoms with Crippen molar-refractivity contribution in [3.63, 3.8) is 0 Å². The van der Waals surface area contributed by atoms with Crippen LogP contribution in [0, 0.1) is 24.1 Å². The molecule has 1 amide bonds. The third kappa shape index (κ3) is 12.1. The predicted molar refractivity (Wildman–Crippen MR) is 95.2 cm³/mol. The van der Waals surface area contributed by atoms with E-state index in [1.54, 1.807) is 26.1 Å². The summed E-state index contributed by atoms with van der Waals surface area (Å²) in [5.74, 6) is -0.0949. The zero-order chi connectivity index (χ0) is 18.3. The second kappa shape index (κ2) is 15.7. The quantitative estimate of drug-likeness (QED) is 0.745. The Labute approximate surface area is 135 Å². The molecule has 3 nitrogen and oxygen atoms in total. The van der Waals surface area contributed by atoms with Crippen molar-refractivity contribution in [1.82, 2.24) is 5.32 Å². The summed E-state index contributed by atoms with van der Waals surface area (Å²) in [7, 11) is 1.64. The molecule has 1 rings (SSSR count). The molecule has 0 radical (unpaired) electrons. The van der Waals surface area contributed by atoms with Crippen LogP contribution in [-0.2, 0) is 4.79 Å². The lowest BCUT2D eigenvalue weighted by atomic mass is 10.1. The standard InChI is InChI=1S/C9H10FN.C5H11NO.2C2H6/c1-6-3-4-8(7(2)11)9(10)5-6;1-4(2)5(7)6-3;2*1-2/h3-5,11H,1-2H3;4H,1-3H3,(H,6,7);2*1-2H3. The second-order valence-corrected chi connectivity index (χ2v) is 4.38. The molecule has 0 bridgehead atoms. The van der Waals surface area contributed by atoms with Gasteiger partial charge in [0, 0.05) is 24.2 Å². The zero-order valence-electron chi connectivity index (χ0n) is 15.6. The SMILES string of the molecule is CC.CC.CC(=N)c1ccc(C)cc1F.CNC(=O)C(C)C. The molecular formula is C18H33FN2O. The Bertz CT molecular complexity index is 429. The molecule has 0 unspecified atom stereocenters. The molecule has 0 fully saturated rings. The van der Waals surface area contributed by atoms with Crippen LogP contribution in [0.25, 0.3) is 0 Å². The molecule has 0 aromatic heterocycles. The van der Waals surface area contributed by atoms with E-state index in [1.807, 2.05) is 48.5 Å². The number of halogens is 1. The lowest BCUT2D eigenvalue weighted by Gasteiger charge is -2.00. The largest absolute Gasteiger partial charge is 0.359 e. The molecule has 0 heterocycles. The minimum absolute atomic E-state index is 0.0972. The Balaban J connectivity index is -0.000000285. The summed E-state index contributed by atoms with van der Waals surface area (Å²) in [6.07, 6.45) is 0. The molecule has 0 saturated heterocycles. The van der Waals surface area contributed by atoms with Gasteiger partial charge in [0.1, 0.15) is 5.82 Å². The van der Waals surface area contributed by atoms with E-state index in [9.17, 15) is 9.18 Å². The average molecular weight is 312 g/mol. The van der Waals surface area contributed by atoms with Crippen LogP contribution in [0.15, 0.2) is 18.2 Å². The first-order valence-electron chi connectivity index (χ1n) is 7.82. The third-order valence-corrected chi connectivity index (χ3v) is 2.30. The van der Waals surface area contributed by atoms with Crippen molar-refractivity contribution in [2.45, 2.75) is 55.4 Å². The number of benzene rings is 1. The summed E-state index contributed by atoms with van der Waals surface area (Å²) in [6.45, 7) is 15.1. The van der Waals surface area contributed by atoms with E-state index in [2.05, 4.69) is 5.32 Å². The lowest BCUT2D eigenvalue weighted by Crippen LogP contribution is -2.22. The molecule has 1 aromatic carbocycles. The number of carbonyl (C=O) groups excluding carboxylic acids is 1. The van der Waals surface area contributed by atoms with Gasteiger partial charge in [0.2, 0.25) is 5.91 Å². The number of nitrogens with one attached hydrogen (secondary N) is 2. The zero-order valence-corrected chi connectivity index (χ0v) is 15.6. The minimum Gasteiger partial charge on any atom is -0.359 e. The van der Waals surface area contributed by atoms with Crippen molar-refractivity contribution in [3.8, 4) is 0 Å². The highest BCUT2D eigenvalue weighted by atomic mass is 19.1. The molecule has 0 saturated carbocycles. The Kier molecular flexibility index (Phi) is 18.0. The number of amides is 1. The van der Waals surface area contributed by atoms with Crippen LogP contribution in [-0.4, -0.2) is 18.7 Å². The van der Waals surface area contributed by atoms with Crippen LogP contribution >= 0.6 is 0 Å². The van der Waals surface area contributed by atoms with E-state index in [0.717, 1.165) is 5.56 Å². The fourth-order valence-corrected chi connectivity index (χ4v) is 1.21. The molecule has 0 aliphatic heterocycles. The van der Waals surface area contributed by atoms with E-state index < -0.39 is 0 Å². The van der Waals surface area contributed by atoms with Crippen LogP contribution in [0.5, 0.6) is 0 Å². The topological polar surface area (TPSA) is 53.0 Å². The summed E-state index contributed by atoms with van der Waals surface area (Å²) >= 11 is 0. The van der Waals surface area contributed by atoms with E-state index in [4.69, 9.17) is 5.41 Å². The molecular weight excluding hydrogens is 279 g/mol. The van der Waals surface area contributed by atoms with Gasteiger partial charge in [0.25, 0.3) is 0 Å². The van der Waals surface area contributed by atoms with Crippen molar-refractivity contribution in [2.75, 3.05) is 7.05 Å². The highest BCUT2D eigenvalue weighted by Crippen LogP contribution is 2.09. The maximum Gasteiger partial charge on any atom is 0.222 e. The monoisotopic (exact) mass is 312 g/mol. The first-order chi connectivity index (χ1) is 10.3. The summed E-state index contributed by atoms with van der Waals surface area (Å²) in [4.78, 5) is 10.4. The number of hydrogen-bond donors (Lipinski definition) is 2. The fourth-order valence-electron chi connectivity index (χ4n) is 1.21. The second-order valence-electron chi connectivity index (χ2n) is 4.38. The van der Waals surface area contributed by atoms with E-state index in [0.29, 0.717) is 5.56 Å².